The first kappa shape index (κ1) is 12.3. The number of aliphatic carboxylic acids is 1. The number of carboxylic acid groups (broad SMARTS) is 1. The summed E-state index contributed by atoms with van der Waals surface area (Å²) in [4.78, 5) is 18.4. The monoisotopic (exact) mass is 195 g/mol. The third kappa shape index (κ3) is 4.37. The highest BCUT2D eigenvalue weighted by atomic mass is 16.4. The molecule has 1 rings (SSSR count). The van der Waals surface area contributed by atoms with Gasteiger partial charge in [0.1, 0.15) is 12.8 Å². The molecule has 14 heavy (non-hydrogen) atoms. The molecule has 4 heteroatoms. The van der Waals surface area contributed by atoms with E-state index in [1.807, 2.05) is 37.1 Å². The van der Waals surface area contributed by atoms with E-state index in [9.17, 15) is 4.79 Å². The predicted octanol–water partition coefficient (Wildman–Crippen LogP) is 0.456. The molecule has 0 radical (unpaired) electrons. The van der Waals surface area contributed by atoms with Crippen LogP contribution in [0.4, 0.5) is 0 Å². The Morgan fingerprint density at radius 1 is 1.36 bits per heavy atom. The molecule has 0 bridgehead atoms. The average Bonchev–Trinajstić information content (AvgIpc) is 2.22. The molecule has 0 aliphatic carbocycles. The van der Waals surface area contributed by atoms with Crippen LogP contribution in [0.25, 0.3) is 0 Å². The second-order valence-corrected chi connectivity index (χ2v) is 2.63. The van der Waals surface area contributed by atoms with Crippen LogP contribution >= 0.6 is 0 Å². The summed E-state index contributed by atoms with van der Waals surface area (Å²) in [5, 5.41) is 8.52. The average molecular weight is 195 g/mol. The number of hydrogen-bond donors (Lipinski definition) is 2. The predicted molar refractivity (Wildman–Crippen MR) is 52.9 cm³/mol. The van der Waals surface area contributed by atoms with E-state index < -0.39 is 12.0 Å². The van der Waals surface area contributed by atoms with Crippen LogP contribution in [0.5, 0.6) is 0 Å². The fraction of sp³-hybridized carbons (Fsp3) is 0.200. The quantitative estimate of drug-likeness (QED) is 0.734. The Kier molecular flexibility index (Phi) is 5.98. The Labute approximate surface area is 82.4 Å². The van der Waals surface area contributed by atoms with Crippen molar-refractivity contribution < 1.29 is 14.7 Å². The molecule has 0 fully saturated rings. The van der Waals surface area contributed by atoms with E-state index in [0.29, 0.717) is 6.42 Å². The van der Waals surface area contributed by atoms with Gasteiger partial charge in [-0.3, -0.25) is 4.79 Å². The van der Waals surface area contributed by atoms with Crippen molar-refractivity contribution in [2.24, 2.45) is 5.73 Å². The zero-order chi connectivity index (χ0) is 11.0. The van der Waals surface area contributed by atoms with Gasteiger partial charge in [-0.05, 0) is 12.0 Å². The van der Waals surface area contributed by atoms with Gasteiger partial charge in [0.05, 0.1) is 0 Å². The van der Waals surface area contributed by atoms with E-state index in [0.717, 1.165) is 5.56 Å². The lowest BCUT2D eigenvalue weighted by atomic mass is 10.1. The van der Waals surface area contributed by atoms with Crippen LogP contribution in [0.1, 0.15) is 5.56 Å². The first-order chi connectivity index (χ1) is 6.70. The van der Waals surface area contributed by atoms with Crippen LogP contribution in [0.2, 0.25) is 0 Å². The topological polar surface area (TPSA) is 80.4 Å². The molecular formula is C10H13NO3. The molecule has 0 aliphatic heterocycles. The summed E-state index contributed by atoms with van der Waals surface area (Å²) in [5.41, 5.74) is 6.30. The molecule has 0 heterocycles. The van der Waals surface area contributed by atoms with Crippen molar-refractivity contribution >= 4 is 12.8 Å². The highest BCUT2D eigenvalue weighted by Crippen LogP contribution is 2.01. The van der Waals surface area contributed by atoms with Crippen molar-refractivity contribution in [3.63, 3.8) is 0 Å². The smallest absolute Gasteiger partial charge is 0.320 e. The minimum absolute atomic E-state index is 0.385. The van der Waals surface area contributed by atoms with Crippen molar-refractivity contribution in [3.8, 4) is 0 Å². The maximum absolute atomic E-state index is 10.4. The van der Waals surface area contributed by atoms with Crippen molar-refractivity contribution in [2.75, 3.05) is 0 Å². The molecular weight excluding hydrogens is 182 g/mol. The lowest BCUT2D eigenvalue weighted by molar-refractivity contribution is -0.138. The standard InChI is InChI=1S/C9H11NO2.CH2O/c10-8(9(11)12)6-7-4-2-1-3-5-7;1-2/h1-5,8H,6,10H2,(H,11,12);1H2/t8-;/m0./s1. The van der Waals surface area contributed by atoms with E-state index in [1.165, 1.54) is 0 Å². The minimum atomic E-state index is -0.959. The summed E-state index contributed by atoms with van der Waals surface area (Å²) >= 11 is 0. The Morgan fingerprint density at radius 2 is 1.86 bits per heavy atom. The lowest BCUT2D eigenvalue weighted by Gasteiger charge is -2.04. The molecule has 0 saturated heterocycles. The van der Waals surface area contributed by atoms with Crippen LogP contribution in [0, 0.1) is 0 Å². The molecule has 0 saturated carbocycles. The third-order valence-electron chi connectivity index (χ3n) is 1.62. The van der Waals surface area contributed by atoms with Gasteiger partial charge in [-0.25, -0.2) is 0 Å². The number of rotatable bonds is 3. The van der Waals surface area contributed by atoms with Crippen molar-refractivity contribution in [3.05, 3.63) is 35.9 Å². The van der Waals surface area contributed by atoms with Crippen LogP contribution < -0.4 is 5.73 Å². The summed E-state index contributed by atoms with van der Waals surface area (Å²) in [6.45, 7) is 2.00. The molecule has 3 N–H and O–H groups in total. The van der Waals surface area contributed by atoms with Crippen molar-refractivity contribution in [1.29, 1.82) is 0 Å². The van der Waals surface area contributed by atoms with E-state index in [-0.39, 0.29) is 0 Å². The van der Waals surface area contributed by atoms with Gasteiger partial charge in [-0.15, -0.1) is 0 Å². The number of carbonyl (C=O) groups is 2. The van der Waals surface area contributed by atoms with E-state index in [2.05, 4.69) is 0 Å². The Balaban J connectivity index is 0.000000791. The summed E-state index contributed by atoms with van der Waals surface area (Å²) in [5.74, 6) is -0.959. The summed E-state index contributed by atoms with van der Waals surface area (Å²) in [6.07, 6.45) is 0.385. The fourth-order valence-corrected chi connectivity index (χ4v) is 0.955. The molecule has 0 aliphatic rings. The molecule has 1 atom stereocenters. The molecule has 1 aromatic rings. The van der Waals surface area contributed by atoms with Gasteiger partial charge >= 0.3 is 5.97 Å². The molecule has 1 aromatic carbocycles. The van der Waals surface area contributed by atoms with E-state index >= 15 is 0 Å². The number of carboxylic acids is 1. The second-order valence-electron chi connectivity index (χ2n) is 2.63. The fourth-order valence-electron chi connectivity index (χ4n) is 0.955. The first-order valence-electron chi connectivity index (χ1n) is 4.01. The molecule has 0 spiro atoms. The highest BCUT2D eigenvalue weighted by molar-refractivity contribution is 5.73. The summed E-state index contributed by atoms with van der Waals surface area (Å²) in [6, 6.07) is 8.54. The van der Waals surface area contributed by atoms with E-state index in [4.69, 9.17) is 15.6 Å². The number of benzene rings is 1. The molecule has 0 unspecified atom stereocenters. The van der Waals surface area contributed by atoms with Gasteiger partial charge in [0.2, 0.25) is 0 Å². The van der Waals surface area contributed by atoms with Crippen LogP contribution in [0.15, 0.2) is 30.3 Å². The van der Waals surface area contributed by atoms with Gasteiger partial charge in [0.25, 0.3) is 0 Å². The Bertz CT molecular complexity index is 274. The van der Waals surface area contributed by atoms with Gasteiger partial charge in [-0.2, -0.15) is 0 Å². The summed E-state index contributed by atoms with van der Waals surface area (Å²) < 4.78 is 0. The zero-order valence-corrected chi connectivity index (χ0v) is 7.72. The normalized spacial score (nSPS) is 10.9. The SMILES string of the molecule is C=O.N[C@@H](Cc1ccccc1)C(=O)O. The Hall–Kier alpha value is -1.68. The molecule has 0 aromatic heterocycles. The van der Waals surface area contributed by atoms with Gasteiger partial charge < -0.3 is 15.6 Å². The van der Waals surface area contributed by atoms with Crippen LogP contribution in [-0.2, 0) is 16.0 Å². The number of nitrogens with two attached hydrogens (primary N) is 1. The van der Waals surface area contributed by atoms with Crippen molar-refractivity contribution in [2.45, 2.75) is 12.5 Å². The number of carbonyl (C=O) groups excluding carboxylic acids is 1. The van der Waals surface area contributed by atoms with Gasteiger partial charge in [0.15, 0.2) is 0 Å². The molecule has 0 amide bonds. The van der Waals surface area contributed by atoms with Crippen molar-refractivity contribution in [1.82, 2.24) is 0 Å². The largest absolute Gasteiger partial charge is 0.480 e. The summed E-state index contributed by atoms with van der Waals surface area (Å²) in [7, 11) is 0. The number of hydrogen-bond acceptors (Lipinski definition) is 3. The maximum Gasteiger partial charge on any atom is 0.320 e. The van der Waals surface area contributed by atoms with Crippen LogP contribution in [-0.4, -0.2) is 23.9 Å². The van der Waals surface area contributed by atoms with Crippen LogP contribution in [0.3, 0.4) is 0 Å². The first-order valence-corrected chi connectivity index (χ1v) is 4.01. The zero-order valence-electron chi connectivity index (χ0n) is 7.72. The Morgan fingerprint density at radius 3 is 2.29 bits per heavy atom. The molecule has 4 nitrogen and oxygen atoms in total. The van der Waals surface area contributed by atoms with E-state index in [1.54, 1.807) is 0 Å². The minimum Gasteiger partial charge on any atom is -0.480 e. The molecule has 76 valence electrons. The van der Waals surface area contributed by atoms with Gasteiger partial charge in [-0.1, -0.05) is 30.3 Å². The maximum atomic E-state index is 10.4. The van der Waals surface area contributed by atoms with Gasteiger partial charge in [0, 0.05) is 0 Å². The highest BCUT2D eigenvalue weighted by Gasteiger charge is 2.10. The third-order valence-corrected chi connectivity index (χ3v) is 1.62. The second kappa shape index (κ2) is 6.80. The lowest BCUT2D eigenvalue weighted by Crippen LogP contribution is -2.32.